The van der Waals surface area contributed by atoms with Gasteiger partial charge in [0.1, 0.15) is 33.7 Å². The fourth-order valence-electron chi connectivity index (χ4n) is 7.72. The molecule has 19 heteroatoms. The van der Waals surface area contributed by atoms with Gasteiger partial charge in [0.15, 0.2) is 11.3 Å². The molecule has 0 radical (unpaired) electrons. The summed E-state index contributed by atoms with van der Waals surface area (Å²) < 4.78 is 6.06. The molecule has 0 fully saturated rings. The Hall–Kier alpha value is -6.50. The minimum absolute atomic E-state index is 0.353. The van der Waals surface area contributed by atoms with Crippen molar-refractivity contribution in [3.8, 4) is 33.8 Å². The van der Waals surface area contributed by atoms with Crippen LogP contribution < -0.4 is 11.5 Å². The van der Waals surface area contributed by atoms with Gasteiger partial charge in [-0.2, -0.15) is 15.3 Å². The molecule has 7 aromatic heterocycles. The summed E-state index contributed by atoms with van der Waals surface area (Å²) in [5.41, 5.74) is 21.6. The molecule has 7 heterocycles. The van der Waals surface area contributed by atoms with Crippen LogP contribution in [0, 0.1) is 3.70 Å². The van der Waals surface area contributed by atoms with E-state index in [0.29, 0.717) is 67.2 Å². The second-order valence-corrected chi connectivity index (χ2v) is 17.5. The number of nitrogens with zero attached hydrogens (tertiary/aromatic N) is 12. The van der Waals surface area contributed by atoms with Crippen LogP contribution in [0.1, 0.15) is 11.1 Å². The van der Waals surface area contributed by atoms with E-state index in [-0.39, 0.29) is 0 Å². The van der Waals surface area contributed by atoms with Gasteiger partial charge in [-0.25, -0.2) is 39.3 Å². The third-order valence-electron chi connectivity index (χ3n) is 10.7. The van der Waals surface area contributed by atoms with Gasteiger partial charge in [0, 0.05) is 71.9 Å². The Morgan fingerprint density at radius 3 is 1.58 bits per heavy atom. The van der Waals surface area contributed by atoms with Crippen molar-refractivity contribution in [3.05, 3.63) is 157 Å². The molecule has 0 aliphatic heterocycles. The van der Waals surface area contributed by atoms with Crippen LogP contribution in [0.5, 0.6) is 0 Å². The SMILES string of the molecule is Cn1cc(-c2nn(Cc3cc4c(Cl)cccc4nc3-c3ccccc3Cl)c3ncnc(N)c23)cn1.Nc1ncnc2c1c(I)nn2Cc1cc2c(Cl)cccc2nc1-c1ccccc1Cl. The second-order valence-electron chi connectivity index (χ2n) is 14.8. The summed E-state index contributed by atoms with van der Waals surface area (Å²) in [7, 11) is 1.85. The van der Waals surface area contributed by atoms with E-state index in [1.165, 1.54) is 12.7 Å². The van der Waals surface area contributed by atoms with Gasteiger partial charge >= 0.3 is 0 Å². The monoisotopic (exact) mass is 1050 g/mol. The number of rotatable bonds is 7. The molecule has 11 aromatic rings. The van der Waals surface area contributed by atoms with Gasteiger partial charge in [-0.15, -0.1) is 0 Å². The lowest BCUT2D eigenvalue weighted by atomic mass is 10.0. The van der Waals surface area contributed by atoms with Gasteiger partial charge in [-0.1, -0.05) is 94.9 Å². The lowest BCUT2D eigenvalue weighted by Crippen LogP contribution is -2.06. The van der Waals surface area contributed by atoms with Crippen LogP contribution in [0.15, 0.2) is 122 Å². The van der Waals surface area contributed by atoms with Gasteiger partial charge in [-0.3, -0.25) is 4.68 Å². The number of hydrogen-bond donors (Lipinski definition) is 2. The zero-order valence-corrected chi connectivity index (χ0v) is 39.1. The van der Waals surface area contributed by atoms with Crippen molar-refractivity contribution in [1.82, 2.24) is 59.2 Å². The normalized spacial score (nSPS) is 11.5. The zero-order valence-electron chi connectivity index (χ0n) is 33.9. The average molecular weight is 1050 g/mol. The highest BCUT2D eigenvalue weighted by atomic mass is 127. The number of nitrogen functional groups attached to an aromatic ring is 2. The molecule has 4 N–H and O–H groups in total. The Labute approximate surface area is 403 Å². The van der Waals surface area contributed by atoms with Crippen molar-refractivity contribution < 1.29 is 0 Å². The van der Waals surface area contributed by atoms with Crippen LogP contribution in [0.2, 0.25) is 20.1 Å². The van der Waals surface area contributed by atoms with Crippen LogP contribution >= 0.6 is 69.0 Å². The van der Waals surface area contributed by atoms with Crippen LogP contribution in [0.4, 0.5) is 11.6 Å². The van der Waals surface area contributed by atoms with E-state index in [2.05, 4.69) is 52.7 Å². The summed E-state index contributed by atoms with van der Waals surface area (Å²) in [6.45, 7) is 0.784. The number of anilines is 2. The van der Waals surface area contributed by atoms with E-state index in [0.717, 1.165) is 70.1 Å². The maximum Gasteiger partial charge on any atom is 0.164 e. The van der Waals surface area contributed by atoms with E-state index in [1.807, 2.05) is 110 Å². The molecule has 4 aromatic carbocycles. The van der Waals surface area contributed by atoms with Gasteiger partial charge in [0.25, 0.3) is 0 Å². The Morgan fingerprint density at radius 2 is 1.06 bits per heavy atom. The van der Waals surface area contributed by atoms with Crippen LogP contribution in [0.3, 0.4) is 0 Å². The molecule has 14 nitrogen and oxygen atoms in total. The maximum atomic E-state index is 6.58. The van der Waals surface area contributed by atoms with Crippen molar-refractivity contribution in [2.45, 2.75) is 13.1 Å². The fourth-order valence-corrected chi connectivity index (χ4v) is 9.40. The number of aromatic nitrogens is 12. The van der Waals surface area contributed by atoms with Crippen LogP contribution in [-0.4, -0.2) is 59.2 Å². The Bertz CT molecular complexity index is 3640. The smallest absolute Gasteiger partial charge is 0.164 e. The molecular formula is C46H31Cl4IN14. The molecule has 0 amide bonds. The summed E-state index contributed by atoms with van der Waals surface area (Å²) in [6, 6.07) is 30.7. The molecular weight excluding hydrogens is 1020 g/mol. The average Bonchev–Trinajstić information content (AvgIpc) is 4.00. The third kappa shape index (κ3) is 8.03. The predicted octanol–water partition coefficient (Wildman–Crippen LogP) is 11.0. The molecule has 0 atom stereocenters. The minimum Gasteiger partial charge on any atom is -0.383 e. The van der Waals surface area contributed by atoms with Gasteiger partial charge in [0.2, 0.25) is 0 Å². The van der Waals surface area contributed by atoms with E-state index >= 15 is 0 Å². The highest BCUT2D eigenvalue weighted by Crippen LogP contribution is 2.37. The lowest BCUT2D eigenvalue weighted by molar-refractivity contribution is 0.697. The highest BCUT2D eigenvalue weighted by Gasteiger charge is 2.22. The van der Waals surface area contributed by atoms with E-state index < -0.39 is 0 Å². The topological polar surface area (TPSA) is 183 Å². The minimum atomic E-state index is 0.353. The highest BCUT2D eigenvalue weighted by molar-refractivity contribution is 14.1. The number of fused-ring (bicyclic) bond motifs is 4. The maximum absolute atomic E-state index is 6.58. The first kappa shape index (κ1) is 42.5. The van der Waals surface area contributed by atoms with Crippen LogP contribution in [0.25, 0.3) is 77.6 Å². The summed E-state index contributed by atoms with van der Waals surface area (Å²) in [6.07, 6.45) is 6.50. The number of pyridine rings is 2. The quantitative estimate of drug-likeness (QED) is 0.145. The van der Waals surface area contributed by atoms with Crippen molar-refractivity contribution in [1.29, 1.82) is 0 Å². The Balaban J connectivity index is 0.000000155. The van der Waals surface area contributed by atoms with Gasteiger partial charge < -0.3 is 11.5 Å². The van der Waals surface area contributed by atoms with Crippen molar-refractivity contribution in [3.63, 3.8) is 0 Å². The molecule has 0 aliphatic carbocycles. The molecule has 0 unspecified atom stereocenters. The molecule has 65 heavy (non-hydrogen) atoms. The third-order valence-corrected chi connectivity index (χ3v) is 12.8. The van der Waals surface area contributed by atoms with Crippen molar-refractivity contribution in [2.75, 3.05) is 11.5 Å². The number of nitrogens with two attached hydrogens (primary N) is 2. The second kappa shape index (κ2) is 17.5. The standard InChI is InChI=1S/C25H18Cl2N8.C21H13Cl2IN6/c1-34-11-15(10-31-34)23-21-24(28)29-13-30-25(21)35(33-23)12-14-9-17-19(27)7-4-8-20(17)32-22(14)16-5-2-3-6-18(16)26;22-14-5-2-1-4-12(14)18-11(8-13-15(23)6-3-7-16(13)28-18)9-30-21-17(19(24)29-30)20(25)26-10-27-21/h2-11,13H,12H2,1H3,(H2,28,29,30);1-8,10H,9H2,(H2,25,26,27). The number of benzene rings is 4. The molecule has 0 bridgehead atoms. The predicted molar refractivity (Wildman–Crippen MR) is 267 cm³/mol. The molecule has 11 rings (SSSR count). The first-order valence-electron chi connectivity index (χ1n) is 19.8. The largest absolute Gasteiger partial charge is 0.383 e. The summed E-state index contributed by atoms with van der Waals surface area (Å²) in [4.78, 5) is 27.0. The van der Waals surface area contributed by atoms with Crippen molar-refractivity contribution in [2.24, 2.45) is 7.05 Å². The van der Waals surface area contributed by atoms with Crippen molar-refractivity contribution >= 4 is 125 Å². The number of hydrogen-bond acceptors (Lipinski definition) is 11. The van der Waals surface area contributed by atoms with Gasteiger partial charge in [0.05, 0.1) is 52.5 Å². The van der Waals surface area contributed by atoms with Crippen LogP contribution in [-0.2, 0) is 20.1 Å². The summed E-state index contributed by atoms with van der Waals surface area (Å²) in [5.74, 6) is 0.757. The number of halogens is 5. The first-order valence-corrected chi connectivity index (χ1v) is 22.4. The van der Waals surface area contributed by atoms with Gasteiger partial charge in [-0.05, 0) is 71.1 Å². The van der Waals surface area contributed by atoms with E-state index in [1.54, 1.807) is 20.2 Å². The molecule has 0 aliphatic rings. The number of aryl methyl sites for hydroxylation is 1. The summed E-state index contributed by atoms with van der Waals surface area (Å²) in [5, 5.41) is 19.4. The molecule has 0 saturated heterocycles. The summed E-state index contributed by atoms with van der Waals surface area (Å²) >= 11 is 28.2. The zero-order chi connectivity index (χ0) is 44.9. The Kier molecular flexibility index (Phi) is 11.4. The molecule has 320 valence electrons. The van der Waals surface area contributed by atoms with E-state index in [4.69, 9.17) is 72.9 Å². The van der Waals surface area contributed by atoms with E-state index in [9.17, 15) is 0 Å². The molecule has 0 spiro atoms. The Morgan fingerprint density at radius 1 is 0.569 bits per heavy atom. The fraction of sp³-hybridized carbons (Fsp3) is 0.0652. The lowest BCUT2D eigenvalue weighted by Gasteiger charge is -2.13. The first-order chi connectivity index (χ1) is 31.5. The molecule has 0 saturated carbocycles.